The summed E-state index contributed by atoms with van der Waals surface area (Å²) in [4.78, 5) is 0. The van der Waals surface area contributed by atoms with Crippen molar-refractivity contribution in [2.75, 3.05) is 7.11 Å². The SMILES string of the molecule is CCc1ccc(OC)c(O)c1C1(C(C)N)CC1. The molecule has 0 saturated heterocycles. The summed E-state index contributed by atoms with van der Waals surface area (Å²) in [6.45, 7) is 4.12. The zero-order valence-corrected chi connectivity index (χ0v) is 10.8. The average Bonchev–Trinajstić information content (AvgIpc) is 3.09. The van der Waals surface area contributed by atoms with Crippen molar-refractivity contribution in [1.82, 2.24) is 0 Å². The molecule has 2 rings (SSSR count). The molecule has 94 valence electrons. The van der Waals surface area contributed by atoms with Gasteiger partial charge in [-0.2, -0.15) is 0 Å². The fourth-order valence-electron chi connectivity index (χ4n) is 2.70. The summed E-state index contributed by atoms with van der Waals surface area (Å²) in [5, 5.41) is 10.3. The predicted molar refractivity (Wildman–Crippen MR) is 68.6 cm³/mol. The third-order valence-corrected chi connectivity index (χ3v) is 3.99. The van der Waals surface area contributed by atoms with Crippen molar-refractivity contribution in [3.8, 4) is 11.5 Å². The molecule has 0 amide bonds. The number of benzene rings is 1. The predicted octanol–water partition coefficient (Wildman–Crippen LogP) is 2.34. The minimum absolute atomic E-state index is 0.0377. The molecule has 0 bridgehead atoms. The van der Waals surface area contributed by atoms with Gasteiger partial charge in [0, 0.05) is 17.0 Å². The van der Waals surface area contributed by atoms with E-state index < -0.39 is 0 Å². The second kappa shape index (κ2) is 4.22. The number of phenolic OH excluding ortho intramolecular Hbond substituents is 1. The molecule has 1 atom stereocenters. The highest BCUT2D eigenvalue weighted by atomic mass is 16.5. The summed E-state index contributed by atoms with van der Waals surface area (Å²) in [6, 6.07) is 3.93. The maximum atomic E-state index is 10.3. The van der Waals surface area contributed by atoms with Gasteiger partial charge in [-0.1, -0.05) is 13.0 Å². The summed E-state index contributed by atoms with van der Waals surface area (Å²) in [6.07, 6.45) is 3.01. The van der Waals surface area contributed by atoms with Gasteiger partial charge in [-0.15, -0.1) is 0 Å². The maximum absolute atomic E-state index is 10.3. The third-order valence-electron chi connectivity index (χ3n) is 3.99. The Morgan fingerprint density at radius 3 is 2.53 bits per heavy atom. The molecule has 0 aliphatic heterocycles. The van der Waals surface area contributed by atoms with E-state index in [9.17, 15) is 5.11 Å². The Labute approximate surface area is 103 Å². The molecule has 1 fully saturated rings. The smallest absolute Gasteiger partial charge is 0.161 e. The molecule has 1 saturated carbocycles. The van der Waals surface area contributed by atoms with Crippen molar-refractivity contribution >= 4 is 0 Å². The molecule has 0 aromatic heterocycles. The summed E-state index contributed by atoms with van der Waals surface area (Å²) in [5.41, 5.74) is 8.25. The molecule has 17 heavy (non-hydrogen) atoms. The molecule has 3 heteroatoms. The molecule has 1 aliphatic carbocycles. The Bertz CT molecular complexity index is 422. The Hall–Kier alpha value is -1.22. The molecule has 3 nitrogen and oxygen atoms in total. The molecule has 0 heterocycles. The number of aromatic hydroxyl groups is 1. The monoisotopic (exact) mass is 235 g/mol. The molecule has 1 aromatic rings. The molecule has 0 radical (unpaired) electrons. The van der Waals surface area contributed by atoms with Gasteiger partial charge in [-0.25, -0.2) is 0 Å². The van der Waals surface area contributed by atoms with Crippen molar-refractivity contribution < 1.29 is 9.84 Å². The third kappa shape index (κ3) is 1.78. The molecule has 1 aliphatic rings. The zero-order valence-electron chi connectivity index (χ0n) is 10.8. The molecule has 1 aromatic carbocycles. The van der Waals surface area contributed by atoms with Gasteiger partial charge in [0.15, 0.2) is 11.5 Å². The van der Waals surface area contributed by atoms with E-state index in [4.69, 9.17) is 10.5 Å². The Morgan fingerprint density at radius 2 is 2.12 bits per heavy atom. The van der Waals surface area contributed by atoms with Crippen LogP contribution in [-0.4, -0.2) is 18.3 Å². The van der Waals surface area contributed by atoms with E-state index in [0.717, 1.165) is 24.8 Å². The lowest BCUT2D eigenvalue weighted by molar-refractivity contribution is 0.364. The Morgan fingerprint density at radius 1 is 1.47 bits per heavy atom. The Balaban J connectivity index is 2.58. The number of hydrogen-bond donors (Lipinski definition) is 2. The van der Waals surface area contributed by atoms with Gasteiger partial charge in [0.2, 0.25) is 0 Å². The summed E-state index contributed by atoms with van der Waals surface area (Å²) < 4.78 is 5.20. The van der Waals surface area contributed by atoms with Gasteiger partial charge in [0.25, 0.3) is 0 Å². The van der Waals surface area contributed by atoms with Crippen LogP contribution in [0.25, 0.3) is 0 Å². The molecule has 1 unspecified atom stereocenters. The van der Waals surface area contributed by atoms with Crippen LogP contribution in [0.15, 0.2) is 12.1 Å². The van der Waals surface area contributed by atoms with Gasteiger partial charge < -0.3 is 15.6 Å². The van der Waals surface area contributed by atoms with Crippen LogP contribution in [0, 0.1) is 0 Å². The number of phenols is 1. The van der Waals surface area contributed by atoms with Crippen molar-refractivity contribution in [1.29, 1.82) is 0 Å². The lowest BCUT2D eigenvalue weighted by atomic mass is 9.84. The average molecular weight is 235 g/mol. The fourth-order valence-corrected chi connectivity index (χ4v) is 2.70. The van der Waals surface area contributed by atoms with Crippen LogP contribution in [0.2, 0.25) is 0 Å². The van der Waals surface area contributed by atoms with Gasteiger partial charge in [0.1, 0.15) is 0 Å². The second-order valence-corrected chi connectivity index (χ2v) is 4.95. The highest BCUT2D eigenvalue weighted by Gasteiger charge is 2.50. The van der Waals surface area contributed by atoms with Gasteiger partial charge in [-0.05, 0) is 37.8 Å². The molecular weight excluding hydrogens is 214 g/mol. The number of ether oxygens (including phenoxy) is 1. The first-order chi connectivity index (χ1) is 8.06. The van der Waals surface area contributed by atoms with Gasteiger partial charge in [0.05, 0.1) is 7.11 Å². The van der Waals surface area contributed by atoms with Crippen LogP contribution >= 0.6 is 0 Å². The highest BCUT2D eigenvalue weighted by molar-refractivity contribution is 5.56. The lowest BCUT2D eigenvalue weighted by Crippen LogP contribution is -2.32. The first kappa shape index (κ1) is 12.2. The van der Waals surface area contributed by atoms with E-state index in [0.29, 0.717) is 5.75 Å². The van der Waals surface area contributed by atoms with Gasteiger partial charge in [-0.3, -0.25) is 0 Å². The number of aryl methyl sites for hydroxylation is 1. The standard InChI is InChI=1S/C14H21NO2/c1-4-10-5-6-11(17-3)13(16)12(10)14(7-8-14)9(2)15/h5-6,9,16H,4,7-8,15H2,1-3H3. The first-order valence-electron chi connectivity index (χ1n) is 6.21. The van der Waals surface area contributed by atoms with Crippen molar-refractivity contribution in [3.63, 3.8) is 0 Å². The number of rotatable bonds is 4. The fraction of sp³-hybridized carbons (Fsp3) is 0.571. The Kier molecular flexibility index (Phi) is 3.04. The van der Waals surface area contributed by atoms with Crippen LogP contribution in [0.1, 0.15) is 37.8 Å². The summed E-state index contributed by atoms with van der Waals surface area (Å²) in [7, 11) is 1.58. The summed E-state index contributed by atoms with van der Waals surface area (Å²) >= 11 is 0. The van der Waals surface area contributed by atoms with E-state index in [2.05, 4.69) is 6.92 Å². The van der Waals surface area contributed by atoms with E-state index in [-0.39, 0.29) is 17.2 Å². The number of hydrogen-bond acceptors (Lipinski definition) is 3. The van der Waals surface area contributed by atoms with Crippen molar-refractivity contribution in [3.05, 3.63) is 23.3 Å². The lowest BCUT2D eigenvalue weighted by Gasteiger charge is -2.25. The van der Waals surface area contributed by atoms with E-state index in [1.54, 1.807) is 7.11 Å². The van der Waals surface area contributed by atoms with Crippen LogP contribution in [0.4, 0.5) is 0 Å². The van der Waals surface area contributed by atoms with Crippen molar-refractivity contribution in [2.45, 2.75) is 44.6 Å². The maximum Gasteiger partial charge on any atom is 0.161 e. The van der Waals surface area contributed by atoms with E-state index >= 15 is 0 Å². The highest BCUT2D eigenvalue weighted by Crippen LogP contribution is 2.55. The van der Waals surface area contributed by atoms with E-state index in [1.807, 2.05) is 19.1 Å². The normalized spacial score (nSPS) is 18.8. The van der Waals surface area contributed by atoms with Crippen LogP contribution in [0.3, 0.4) is 0 Å². The van der Waals surface area contributed by atoms with Gasteiger partial charge >= 0.3 is 0 Å². The minimum atomic E-state index is -0.0377. The quantitative estimate of drug-likeness (QED) is 0.842. The number of nitrogens with two attached hydrogens (primary N) is 1. The first-order valence-corrected chi connectivity index (χ1v) is 6.21. The molecular formula is C14H21NO2. The van der Waals surface area contributed by atoms with Crippen LogP contribution < -0.4 is 10.5 Å². The van der Waals surface area contributed by atoms with Crippen LogP contribution in [-0.2, 0) is 11.8 Å². The largest absolute Gasteiger partial charge is 0.504 e. The number of methoxy groups -OCH3 is 1. The molecule has 3 N–H and O–H groups in total. The van der Waals surface area contributed by atoms with Crippen LogP contribution in [0.5, 0.6) is 11.5 Å². The molecule has 0 spiro atoms. The topological polar surface area (TPSA) is 55.5 Å². The summed E-state index contributed by atoms with van der Waals surface area (Å²) in [5.74, 6) is 0.825. The second-order valence-electron chi connectivity index (χ2n) is 4.95. The van der Waals surface area contributed by atoms with E-state index in [1.165, 1.54) is 5.56 Å². The minimum Gasteiger partial charge on any atom is -0.504 e. The zero-order chi connectivity index (χ0) is 12.6. The van der Waals surface area contributed by atoms with Crippen molar-refractivity contribution in [2.24, 2.45) is 5.73 Å².